The minimum Gasteiger partial charge on any atom is -0.481 e. The van der Waals surface area contributed by atoms with E-state index < -0.39 is 6.10 Å². The van der Waals surface area contributed by atoms with Crippen LogP contribution < -0.4 is 15.4 Å². The van der Waals surface area contributed by atoms with Gasteiger partial charge in [0, 0.05) is 12.6 Å². The maximum atomic E-state index is 13.0. The Balaban J connectivity index is 0.00000220. The molecule has 118 valence electrons. The first-order valence-electron chi connectivity index (χ1n) is 7.06. The second-order valence-corrected chi connectivity index (χ2v) is 5.17. The van der Waals surface area contributed by atoms with Crippen LogP contribution in [0, 0.1) is 11.7 Å². The quantitative estimate of drug-likeness (QED) is 0.875. The number of benzene rings is 1. The molecule has 1 aliphatic heterocycles. The van der Waals surface area contributed by atoms with Crippen LogP contribution in [-0.4, -0.2) is 31.6 Å². The van der Waals surface area contributed by atoms with E-state index in [1.807, 2.05) is 0 Å². The van der Waals surface area contributed by atoms with Gasteiger partial charge in [0.15, 0.2) is 6.10 Å². The molecule has 1 saturated heterocycles. The van der Waals surface area contributed by atoms with Crippen molar-refractivity contribution in [3.8, 4) is 5.75 Å². The van der Waals surface area contributed by atoms with Crippen molar-refractivity contribution >= 4 is 18.3 Å². The molecule has 1 aliphatic rings. The monoisotopic (exact) mass is 316 g/mol. The predicted octanol–water partition coefficient (Wildman–Crippen LogP) is 2.13. The van der Waals surface area contributed by atoms with Gasteiger partial charge < -0.3 is 15.4 Å². The second kappa shape index (κ2) is 8.85. The molecule has 2 N–H and O–H groups in total. The van der Waals surface area contributed by atoms with Crippen LogP contribution in [0.15, 0.2) is 24.3 Å². The van der Waals surface area contributed by atoms with Gasteiger partial charge in [-0.05, 0) is 50.9 Å². The van der Waals surface area contributed by atoms with Crippen molar-refractivity contribution in [3.05, 3.63) is 30.1 Å². The maximum absolute atomic E-state index is 13.0. The number of carbonyl (C=O) groups excluding carboxylic acids is 1. The van der Waals surface area contributed by atoms with E-state index in [1.54, 1.807) is 19.1 Å². The number of hydrogen-bond donors (Lipinski definition) is 2. The third-order valence-corrected chi connectivity index (χ3v) is 3.44. The molecule has 0 saturated carbocycles. The number of hydrogen-bond acceptors (Lipinski definition) is 3. The summed E-state index contributed by atoms with van der Waals surface area (Å²) < 4.78 is 18.5. The van der Waals surface area contributed by atoms with Crippen LogP contribution in [0.1, 0.15) is 19.8 Å². The van der Waals surface area contributed by atoms with E-state index in [0.717, 1.165) is 25.9 Å². The molecule has 2 rings (SSSR count). The van der Waals surface area contributed by atoms with Crippen molar-refractivity contribution in [1.29, 1.82) is 0 Å². The molecule has 2 unspecified atom stereocenters. The smallest absolute Gasteiger partial charge is 0.260 e. The molecular weight excluding hydrogens is 295 g/mol. The average molecular weight is 317 g/mol. The molecule has 1 aromatic carbocycles. The molecule has 1 fully saturated rings. The maximum Gasteiger partial charge on any atom is 0.260 e. The van der Waals surface area contributed by atoms with Gasteiger partial charge in [-0.2, -0.15) is 0 Å². The Labute approximate surface area is 130 Å². The number of carbonyl (C=O) groups is 1. The topological polar surface area (TPSA) is 50.4 Å². The first-order valence-corrected chi connectivity index (χ1v) is 7.06. The largest absolute Gasteiger partial charge is 0.481 e. The van der Waals surface area contributed by atoms with E-state index in [1.165, 1.54) is 12.1 Å². The van der Waals surface area contributed by atoms with Crippen molar-refractivity contribution in [2.75, 3.05) is 19.6 Å². The summed E-state index contributed by atoms with van der Waals surface area (Å²) in [6.07, 6.45) is 1.65. The summed E-state index contributed by atoms with van der Waals surface area (Å²) in [4.78, 5) is 11.9. The molecule has 21 heavy (non-hydrogen) atoms. The highest BCUT2D eigenvalue weighted by Gasteiger charge is 2.18. The Kier molecular flexibility index (Phi) is 7.47. The average Bonchev–Trinajstić information content (AvgIpc) is 2.46. The third kappa shape index (κ3) is 5.89. The molecule has 4 nitrogen and oxygen atoms in total. The number of ether oxygens (including phenoxy) is 1. The van der Waals surface area contributed by atoms with Crippen LogP contribution >= 0.6 is 12.4 Å². The summed E-state index contributed by atoms with van der Waals surface area (Å²) in [5.41, 5.74) is 0. The third-order valence-electron chi connectivity index (χ3n) is 3.44. The Hall–Kier alpha value is -1.33. The summed E-state index contributed by atoms with van der Waals surface area (Å²) in [6.45, 7) is 4.32. The summed E-state index contributed by atoms with van der Waals surface area (Å²) in [7, 11) is 0. The fourth-order valence-electron chi connectivity index (χ4n) is 2.28. The molecule has 0 aromatic heterocycles. The van der Waals surface area contributed by atoms with Crippen LogP contribution in [0.4, 0.5) is 4.39 Å². The standard InChI is InChI=1S/C15H21FN2O2.ClH/c1-11(20-14-6-2-5-13(16)8-14)15(19)18-10-12-4-3-7-17-9-12;/h2,5-6,8,11-12,17H,3-4,7,9-10H2,1H3,(H,18,19);1H. The van der Waals surface area contributed by atoms with E-state index in [4.69, 9.17) is 4.74 Å². The fraction of sp³-hybridized carbons (Fsp3) is 0.533. The van der Waals surface area contributed by atoms with E-state index in [-0.39, 0.29) is 24.1 Å². The van der Waals surface area contributed by atoms with Gasteiger partial charge in [0.2, 0.25) is 0 Å². The number of rotatable bonds is 5. The summed E-state index contributed by atoms with van der Waals surface area (Å²) in [5, 5.41) is 6.20. The Morgan fingerprint density at radius 2 is 2.38 bits per heavy atom. The van der Waals surface area contributed by atoms with E-state index in [0.29, 0.717) is 18.2 Å². The van der Waals surface area contributed by atoms with Gasteiger partial charge >= 0.3 is 0 Å². The van der Waals surface area contributed by atoms with Crippen molar-refractivity contribution in [2.24, 2.45) is 5.92 Å². The molecule has 1 amide bonds. The highest BCUT2D eigenvalue weighted by Crippen LogP contribution is 2.14. The molecular formula is C15H22ClFN2O2. The van der Waals surface area contributed by atoms with Crippen LogP contribution in [-0.2, 0) is 4.79 Å². The summed E-state index contributed by atoms with van der Waals surface area (Å²) >= 11 is 0. The molecule has 0 aliphatic carbocycles. The first kappa shape index (κ1) is 17.7. The minimum atomic E-state index is -0.631. The Morgan fingerprint density at radius 1 is 1.57 bits per heavy atom. The van der Waals surface area contributed by atoms with Crippen LogP contribution in [0.3, 0.4) is 0 Å². The van der Waals surface area contributed by atoms with Crippen molar-refractivity contribution < 1.29 is 13.9 Å². The zero-order valence-corrected chi connectivity index (χ0v) is 12.9. The van der Waals surface area contributed by atoms with Gasteiger partial charge in [-0.25, -0.2) is 4.39 Å². The van der Waals surface area contributed by atoms with E-state index in [9.17, 15) is 9.18 Å². The van der Waals surface area contributed by atoms with Gasteiger partial charge in [-0.3, -0.25) is 4.79 Å². The SMILES string of the molecule is CC(Oc1cccc(F)c1)C(=O)NCC1CCCNC1.Cl. The highest BCUT2D eigenvalue weighted by molar-refractivity contribution is 5.85. The number of amides is 1. The molecule has 0 spiro atoms. The molecule has 2 atom stereocenters. The predicted molar refractivity (Wildman–Crippen MR) is 82.3 cm³/mol. The van der Waals surface area contributed by atoms with Gasteiger partial charge in [-0.1, -0.05) is 6.07 Å². The zero-order valence-electron chi connectivity index (χ0n) is 12.1. The Bertz CT molecular complexity index is 453. The fourth-order valence-corrected chi connectivity index (χ4v) is 2.28. The van der Waals surface area contributed by atoms with Crippen molar-refractivity contribution in [2.45, 2.75) is 25.9 Å². The number of halogens is 2. The highest BCUT2D eigenvalue weighted by atomic mass is 35.5. The molecule has 1 aromatic rings. The molecule has 6 heteroatoms. The molecule has 0 bridgehead atoms. The van der Waals surface area contributed by atoms with Crippen molar-refractivity contribution in [1.82, 2.24) is 10.6 Å². The normalized spacial score (nSPS) is 19.2. The van der Waals surface area contributed by atoms with Gasteiger partial charge in [0.25, 0.3) is 5.91 Å². The lowest BCUT2D eigenvalue weighted by molar-refractivity contribution is -0.127. The molecule has 1 heterocycles. The van der Waals surface area contributed by atoms with Crippen molar-refractivity contribution in [3.63, 3.8) is 0 Å². The minimum absolute atomic E-state index is 0. The summed E-state index contributed by atoms with van der Waals surface area (Å²) in [6, 6.07) is 5.81. The lowest BCUT2D eigenvalue weighted by atomic mass is 10.00. The lowest BCUT2D eigenvalue weighted by Crippen LogP contribution is -2.42. The molecule has 0 radical (unpaired) electrons. The number of nitrogens with one attached hydrogen (secondary N) is 2. The lowest BCUT2D eigenvalue weighted by Gasteiger charge is -2.23. The van der Waals surface area contributed by atoms with Crippen LogP contribution in [0.5, 0.6) is 5.75 Å². The second-order valence-electron chi connectivity index (χ2n) is 5.17. The van der Waals surface area contributed by atoms with E-state index >= 15 is 0 Å². The zero-order chi connectivity index (χ0) is 14.4. The Morgan fingerprint density at radius 3 is 3.05 bits per heavy atom. The summed E-state index contributed by atoms with van der Waals surface area (Å²) in [5.74, 6) is 0.310. The van der Waals surface area contributed by atoms with Crippen LogP contribution in [0.25, 0.3) is 0 Å². The van der Waals surface area contributed by atoms with Gasteiger partial charge in [0.1, 0.15) is 11.6 Å². The first-order chi connectivity index (χ1) is 9.65. The van der Waals surface area contributed by atoms with Gasteiger partial charge in [0.05, 0.1) is 0 Å². The number of piperidine rings is 1. The van der Waals surface area contributed by atoms with E-state index in [2.05, 4.69) is 10.6 Å². The van der Waals surface area contributed by atoms with Gasteiger partial charge in [-0.15, -0.1) is 12.4 Å². The van der Waals surface area contributed by atoms with Crippen LogP contribution in [0.2, 0.25) is 0 Å².